The molecule has 1 unspecified atom stereocenters. The van der Waals surface area contributed by atoms with Crippen LogP contribution in [0, 0.1) is 17.2 Å². The average Bonchev–Trinajstić information content (AvgIpc) is 3.28. The highest BCUT2D eigenvalue weighted by molar-refractivity contribution is 5.82. The van der Waals surface area contributed by atoms with Crippen molar-refractivity contribution in [2.75, 3.05) is 13.2 Å². The van der Waals surface area contributed by atoms with E-state index in [0.717, 1.165) is 24.2 Å². The Morgan fingerprint density at radius 1 is 1.35 bits per heavy atom. The summed E-state index contributed by atoms with van der Waals surface area (Å²) in [7, 11) is 0. The molecule has 1 fully saturated rings. The molecule has 0 bridgehead atoms. The number of hydrogen-bond donors (Lipinski definition) is 1. The summed E-state index contributed by atoms with van der Waals surface area (Å²) in [5.41, 5.74) is 0.909. The molecule has 3 rings (SSSR count). The van der Waals surface area contributed by atoms with Gasteiger partial charge < -0.3 is 14.8 Å². The predicted octanol–water partition coefficient (Wildman–Crippen LogP) is 1.42. The third-order valence-corrected chi connectivity index (χ3v) is 3.44. The van der Waals surface area contributed by atoms with Crippen molar-refractivity contribution in [1.82, 2.24) is 5.32 Å². The second-order valence-electron chi connectivity index (χ2n) is 5.15. The van der Waals surface area contributed by atoms with Gasteiger partial charge >= 0.3 is 0 Å². The first-order chi connectivity index (χ1) is 9.76. The Morgan fingerprint density at radius 2 is 2.10 bits per heavy atom. The molecule has 1 aliphatic carbocycles. The minimum atomic E-state index is -0.654. The number of hydrogen-bond acceptors (Lipinski definition) is 4. The van der Waals surface area contributed by atoms with E-state index in [9.17, 15) is 4.79 Å². The van der Waals surface area contributed by atoms with E-state index in [-0.39, 0.29) is 11.9 Å². The standard InChI is InChI=1S/C15H16N2O3/c16-9-11(15(18)17-12-2-3-12)7-10-1-4-13-14(8-10)20-6-5-19-13/h1,4,8,11-12H,2-3,5-7H2,(H,17,18). The number of ether oxygens (including phenoxy) is 2. The molecule has 0 radical (unpaired) electrons. The monoisotopic (exact) mass is 272 g/mol. The van der Waals surface area contributed by atoms with Crippen molar-refractivity contribution in [3.8, 4) is 17.6 Å². The summed E-state index contributed by atoms with van der Waals surface area (Å²) in [6.07, 6.45) is 2.44. The van der Waals surface area contributed by atoms with Crippen LogP contribution in [-0.2, 0) is 11.2 Å². The first-order valence-corrected chi connectivity index (χ1v) is 6.85. The van der Waals surface area contributed by atoms with Crippen LogP contribution < -0.4 is 14.8 Å². The molecule has 1 aromatic carbocycles. The lowest BCUT2D eigenvalue weighted by atomic mass is 9.99. The SMILES string of the molecule is N#CC(Cc1ccc2c(c1)OCCO2)C(=O)NC1CC1. The number of fused-ring (bicyclic) bond motifs is 1. The summed E-state index contributed by atoms with van der Waals surface area (Å²) < 4.78 is 11.0. The number of nitrogens with zero attached hydrogens (tertiary/aromatic N) is 1. The lowest BCUT2D eigenvalue weighted by Gasteiger charge is -2.19. The second kappa shape index (κ2) is 5.41. The number of nitrogens with one attached hydrogen (secondary N) is 1. The summed E-state index contributed by atoms with van der Waals surface area (Å²) in [5, 5.41) is 12.0. The van der Waals surface area contributed by atoms with Crippen molar-refractivity contribution in [1.29, 1.82) is 5.26 Å². The lowest BCUT2D eigenvalue weighted by molar-refractivity contribution is -0.123. The van der Waals surface area contributed by atoms with Crippen molar-refractivity contribution in [2.45, 2.75) is 25.3 Å². The van der Waals surface area contributed by atoms with E-state index in [4.69, 9.17) is 14.7 Å². The Kier molecular flexibility index (Phi) is 3.46. The van der Waals surface area contributed by atoms with E-state index in [0.29, 0.717) is 25.4 Å². The molecular formula is C15H16N2O3. The summed E-state index contributed by atoms with van der Waals surface area (Å²) in [6, 6.07) is 7.91. The molecule has 1 N–H and O–H groups in total. The number of nitriles is 1. The van der Waals surface area contributed by atoms with Gasteiger partial charge in [0.1, 0.15) is 19.1 Å². The van der Waals surface area contributed by atoms with E-state index in [1.807, 2.05) is 18.2 Å². The van der Waals surface area contributed by atoms with Crippen LogP contribution >= 0.6 is 0 Å². The lowest BCUT2D eigenvalue weighted by Crippen LogP contribution is -2.32. The predicted molar refractivity (Wildman–Crippen MR) is 71.4 cm³/mol. The molecule has 1 aromatic rings. The van der Waals surface area contributed by atoms with E-state index in [2.05, 4.69) is 11.4 Å². The molecule has 1 aliphatic heterocycles. The second-order valence-corrected chi connectivity index (χ2v) is 5.15. The normalized spacial score (nSPS) is 17.9. The molecule has 1 amide bonds. The molecule has 5 heteroatoms. The number of benzene rings is 1. The smallest absolute Gasteiger partial charge is 0.237 e. The van der Waals surface area contributed by atoms with Crippen LogP contribution in [0.2, 0.25) is 0 Å². The third-order valence-electron chi connectivity index (χ3n) is 3.44. The fourth-order valence-electron chi connectivity index (χ4n) is 2.18. The van der Waals surface area contributed by atoms with Gasteiger partial charge in [-0.05, 0) is 37.0 Å². The average molecular weight is 272 g/mol. The quantitative estimate of drug-likeness (QED) is 0.899. The van der Waals surface area contributed by atoms with Crippen molar-refractivity contribution in [2.24, 2.45) is 5.92 Å². The van der Waals surface area contributed by atoms with Crippen LogP contribution in [0.5, 0.6) is 11.5 Å². The molecule has 1 atom stereocenters. The summed E-state index contributed by atoms with van der Waals surface area (Å²) in [4.78, 5) is 11.9. The van der Waals surface area contributed by atoms with E-state index < -0.39 is 5.92 Å². The highest BCUT2D eigenvalue weighted by Crippen LogP contribution is 2.31. The zero-order valence-electron chi connectivity index (χ0n) is 11.1. The fourth-order valence-corrected chi connectivity index (χ4v) is 2.18. The van der Waals surface area contributed by atoms with Gasteiger partial charge in [-0.2, -0.15) is 5.26 Å². The van der Waals surface area contributed by atoms with Crippen molar-refractivity contribution >= 4 is 5.91 Å². The van der Waals surface area contributed by atoms with Crippen LogP contribution in [-0.4, -0.2) is 25.2 Å². The molecule has 0 spiro atoms. The topological polar surface area (TPSA) is 71.3 Å². The Morgan fingerprint density at radius 3 is 2.80 bits per heavy atom. The Bertz CT molecular complexity index is 561. The fraction of sp³-hybridized carbons (Fsp3) is 0.467. The van der Waals surface area contributed by atoms with Crippen molar-refractivity contribution < 1.29 is 14.3 Å². The number of carbonyl (C=O) groups is 1. The van der Waals surface area contributed by atoms with Gasteiger partial charge in [0.25, 0.3) is 0 Å². The van der Waals surface area contributed by atoms with Gasteiger partial charge in [0, 0.05) is 6.04 Å². The first-order valence-electron chi connectivity index (χ1n) is 6.85. The van der Waals surface area contributed by atoms with E-state index >= 15 is 0 Å². The maximum Gasteiger partial charge on any atom is 0.237 e. The molecule has 1 heterocycles. The summed E-state index contributed by atoms with van der Waals surface area (Å²) in [6.45, 7) is 1.08. The Balaban J connectivity index is 1.69. The van der Waals surface area contributed by atoms with Crippen molar-refractivity contribution in [3.05, 3.63) is 23.8 Å². The molecule has 2 aliphatic rings. The van der Waals surface area contributed by atoms with Gasteiger partial charge in [-0.15, -0.1) is 0 Å². The number of carbonyl (C=O) groups excluding carboxylic acids is 1. The maximum atomic E-state index is 11.9. The van der Waals surface area contributed by atoms with Crippen LogP contribution in [0.25, 0.3) is 0 Å². The molecule has 20 heavy (non-hydrogen) atoms. The molecule has 1 saturated carbocycles. The largest absolute Gasteiger partial charge is 0.486 e. The molecule has 0 saturated heterocycles. The highest BCUT2D eigenvalue weighted by atomic mass is 16.6. The zero-order chi connectivity index (χ0) is 13.9. The van der Waals surface area contributed by atoms with Crippen LogP contribution in [0.3, 0.4) is 0 Å². The molecule has 5 nitrogen and oxygen atoms in total. The molecule has 0 aromatic heterocycles. The van der Waals surface area contributed by atoms with Gasteiger partial charge in [0.15, 0.2) is 11.5 Å². The van der Waals surface area contributed by atoms with Crippen LogP contribution in [0.15, 0.2) is 18.2 Å². The van der Waals surface area contributed by atoms with Gasteiger partial charge in [-0.1, -0.05) is 6.07 Å². The van der Waals surface area contributed by atoms with Gasteiger partial charge in [0.2, 0.25) is 5.91 Å². The molecular weight excluding hydrogens is 256 g/mol. The van der Waals surface area contributed by atoms with E-state index in [1.165, 1.54) is 0 Å². The first kappa shape index (κ1) is 12.8. The Labute approximate surface area is 117 Å². The van der Waals surface area contributed by atoms with Crippen molar-refractivity contribution in [3.63, 3.8) is 0 Å². The zero-order valence-corrected chi connectivity index (χ0v) is 11.1. The minimum absolute atomic E-state index is 0.176. The maximum absolute atomic E-state index is 11.9. The third kappa shape index (κ3) is 2.85. The summed E-state index contributed by atoms with van der Waals surface area (Å²) >= 11 is 0. The number of amides is 1. The number of rotatable bonds is 4. The summed E-state index contributed by atoms with van der Waals surface area (Å²) in [5.74, 6) is 0.576. The van der Waals surface area contributed by atoms with Crippen LogP contribution in [0.4, 0.5) is 0 Å². The van der Waals surface area contributed by atoms with Gasteiger partial charge in [0.05, 0.1) is 6.07 Å². The Hall–Kier alpha value is -2.22. The molecule has 104 valence electrons. The van der Waals surface area contributed by atoms with Gasteiger partial charge in [-0.25, -0.2) is 0 Å². The van der Waals surface area contributed by atoms with Gasteiger partial charge in [-0.3, -0.25) is 4.79 Å². The van der Waals surface area contributed by atoms with E-state index in [1.54, 1.807) is 0 Å². The van der Waals surface area contributed by atoms with Crippen LogP contribution in [0.1, 0.15) is 18.4 Å². The minimum Gasteiger partial charge on any atom is -0.486 e. The highest BCUT2D eigenvalue weighted by Gasteiger charge is 2.27.